The molecule has 6 nitrogen and oxygen atoms in total. The molecular formula is C20H33N3O3. The zero-order chi connectivity index (χ0) is 18.8. The normalized spacial score (nSPS) is 17.3. The van der Waals surface area contributed by atoms with Crippen LogP contribution in [0.2, 0.25) is 0 Å². The van der Waals surface area contributed by atoms with E-state index in [1.54, 1.807) is 24.3 Å². The molecule has 2 amide bonds. The van der Waals surface area contributed by atoms with Crippen LogP contribution in [0.25, 0.3) is 0 Å². The summed E-state index contributed by atoms with van der Waals surface area (Å²) in [4.78, 5) is 12.0. The van der Waals surface area contributed by atoms with Gasteiger partial charge >= 0.3 is 6.03 Å². The van der Waals surface area contributed by atoms with Crippen molar-refractivity contribution in [3.8, 4) is 5.75 Å². The minimum absolute atomic E-state index is 0.155. The number of hydrogen-bond donors (Lipinski definition) is 4. The Balaban J connectivity index is 1.69. The summed E-state index contributed by atoms with van der Waals surface area (Å²) in [5.41, 5.74) is 0.727. The van der Waals surface area contributed by atoms with Gasteiger partial charge in [-0.1, -0.05) is 26.2 Å². The van der Waals surface area contributed by atoms with E-state index in [1.807, 2.05) is 0 Å². The summed E-state index contributed by atoms with van der Waals surface area (Å²) in [6.45, 7) is 4.93. The third kappa shape index (κ3) is 7.62. The van der Waals surface area contributed by atoms with Gasteiger partial charge in [-0.25, -0.2) is 4.79 Å². The number of rotatable bonds is 9. The van der Waals surface area contributed by atoms with E-state index in [0.29, 0.717) is 18.3 Å². The fourth-order valence-corrected chi connectivity index (χ4v) is 2.97. The van der Waals surface area contributed by atoms with Crippen molar-refractivity contribution in [3.05, 3.63) is 24.3 Å². The van der Waals surface area contributed by atoms with Gasteiger partial charge in [0.15, 0.2) is 0 Å². The van der Waals surface area contributed by atoms with Gasteiger partial charge in [0.1, 0.15) is 18.5 Å². The van der Waals surface area contributed by atoms with Crippen molar-refractivity contribution < 1.29 is 14.6 Å². The molecule has 1 aliphatic rings. The highest BCUT2D eigenvalue weighted by Crippen LogP contribution is 2.18. The number of carbonyl (C=O) groups excluding carboxylic acids is 1. The predicted octanol–water partition coefficient (Wildman–Crippen LogP) is 3.27. The van der Waals surface area contributed by atoms with Crippen molar-refractivity contribution in [2.24, 2.45) is 0 Å². The minimum atomic E-state index is -0.553. The van der Waals surface area contributed by atoms with E-state index in [1.165, 1.54) is 19.3 Å². The van der Waals surface area contributed by atoms with Crippen molar-refractivity contribution >= 4 is 11.7 Å². The molecular weight excluding hydrogens is 330 g/mol. The first kappa shape index (κ1) is 20.5. The van der Waals surface area contributed by atoms with Crippen molar-refractivity contribution in [2.45, 2.75) is 70.6 Å². The lowest BCUT2D eigenvalue weighted by Gasteiger charge is -2.22. The van der Waals surface area contributed by atoms with Crippen LogP contribution in [-0.2, 0) is 0 Å². The number of benzene rings is 1. The molecule has 2 rings (SSSR count). The van der Waals surface area contributed by atoms with Crippen molar-refractivity contribution in [2.75, 3.05) is 18.5 Å². The number of aliphatic hydroxyl groups is 1. The summed E-state index contributed by atoms with van der Waals surface area (Å²) in [6, 6.07) is 7.72. The van der Waals surface area contributed by atoms with E-state index in [2.05, 4.69) is 29.8 Å². The van der Waals surface area contributed by atoms with Gasteiger partial charge in [0.25, 0.3) is 0 Å². The van der Waals surface area contributed by atoms with Crippen LogP contribution in [0.1, 0.15) is 52.4 Å². The smallest absolute Gasteiger partial charge is 0.319 e. The number of aliphatic hydroxyl groups excluding tert-OH is 1. The Labute approximate surface area is 156 Å². The van der Waals surface area contributed by atoms with Gasteiger partial charge in [0.2, 0.25) is 0 Å². The molecule has 0 aromatic heterocycles. The van der Waals surface area contributed by atoms with Gasteiger partial charge in [-0.2, -0.15) is 0 Å². The second-order valence-corrected chi connectivity index (χ2v) is 7.14. The maximum atomic E-state index is 12.0. The van der Waals surface area contributed by atoms with Crippen molar-refractivity contribution in [3.63, 3.8) is 0 Å². The lowest BCUT2D eigenvalue weighted by Crippen LogP contribution is -2.39. The molecule has 0 heterocycles. The highest BCUT2D eigenvalue weighted by Gasteiger charge is 2.15. The van der Waals surface area contributed by atoms with Crippen LogP contribution in [0.3, 0.4) is 0 Å². The van der Waals surface area contributed by atoms with Crippen LogP contribution in [0, 0.1) is 0 Å². The zero-order valence-electron chi connectivity index (χ0n) is 16.0. The first-order valence-electron chi connectivity index (χ1n) is 9.78. The van der Waals surface area contributed by atoms with Gasteiger partial charge in [-0.3, -0.25) is 0 Å². The fraction of sp³-hybridized carbons (Fsp3) is 0.650. The third-order valence-electron chi connectivity index (χ3n) is 4.81. The Morgan fingerprint density at radius 2 is 1.92 bits per heavy atom. The van der Waals surface area contributed by atoms with E-state index in [0.717, 1.165) is 24.9 Å². The van der Waals surface area contributed by atoms with Crippen LogP contribution < -0.4 is 20.7 Å². The molecule has 6 heteroatoms. The molecule has 1 aliphatic carbocycles. The maximum Gasteiger partial charge on any atom is 0.319 e. The summed E-state index contributed by atoms with van der Waals surface area (Å²) in [7, 11) is 0. The van der Waals surface area contributed by atoms with Crippen molar-refractivity contribution in [1.82, 2.24) is 10.6 Å². The molecule has 1 saturated carbocycles. The molecule has 1 fully saturated rings. The molecule has 1 aromatic carbocycles. The number of ether oxygens (including phenoxy) is 1. The summed E-state index contributed by atoms with van der Waals surface area (Å²) in [5, 5.41) is 19.1. The number of amides is 2. The molecule has 2 atom stereocenters. The third-order valence-corrected chi connectivity index (χ3v) is 4.81. The van der Waals surface area contributed by atoms with Crippen LogP contribution in [-0.4, -0.2) is 42.5 Å². The lowest BCUT2D eigenvalue weighted by molar-refractivity contribution is 0.104. The van der Waals surface area contributed by atoms with E-state index in [9.17, 15) is 9.90 Å². The van der Waals surface area contributed by atoms with E-state index >= 15 is 0 Å². The number of carbonyl (C=O) groups is 1. The average Bonchev–Trinajstić information content (AvgIpc) is 2.66. The molecule has 1 aromatic rings. The van der Waals surface area contributed by atoms with Crippen LogP contribution in [0.15, 0.2) is 24.3 Å². The summed E-state index contributed by atoms with van der Waals surface area (Å²) < 4.78 is 5.60. The molecule has 2 unspecified atom stereocenters. The van der Waals surface area contributed by atoms with E-state index < -0.39 is 6.10 Å². The van der Waals surface area contributed by atoms with Gasteiger partial charge in [-0.05, 0) is 50.5 Å². The molecule has 146 valence electrons. The molecule has 0 spiro atoms. The average molecular weight is 364 g/mol. The second kappa shape index (κ2) is 11.0. The molecule has 0 radical (unpaired) electrons. The molecule has 26 heavy (non-hydrogen) atoms. The van der Waals surface area contributed by atoms with Gasteiger partial charge < -0.3 is 25.8 Å². The molecule has 0 saturated heterocycles. The number of anilines is 1. The topological polar surface area (TPSA) is 82.6 Å². The van der Waals surface area contributed by atoms with Crippen LogP contribution in [0.4, 0.5) is 10.5 Å². The van der Waals surface area contributed by atoms with Crippen LogP contribution >= 0.6 is 0 Å². The maximum absolute atomic E-state index is 12.0. The molecule has 4 N–H and O–H groups in total. The first-order valence-corrected chi connectivity index (χ1v) is 9.78. The minimum Gasteiger partial charge on any atom is -0.491 e. The SMILES string of the molecule is CCC(C)NCC(O)COc1ccc(NC(=O)NC2CCCCC2)cc1. The monoisotopic (exact) mass is 363 g/mol. The summed E-state index contributed by atoms with van der Waals surface area (Å²) >= 11 is 0. The Bertz CT molecular complexity index is 530. The quantitative estimate of drug-likeness (QED) is 0.543. The molecule has 0 aliphatic heterocycles. The van der Waals surface area contributed by atoms with Crippen molar-refractivity contribution in [1.29, 1.82) is 0 Å². The standard InChI is InChI=1S/C20H33N3O3/c1-3-15(2)21-13-18(24)14-26-19-11-9-17(10-12-19)23-20(25)22-16-7-5-4-6-8-16/h9-12,15-16,18,21,24H,3-8,13-14H2,1-2H3,(H2,22,23,25). The second-order valence-electron chi connectivity index (χ2n) is 7.14. The van der Waals surface area contributed by atoms with E-state index in [-0.39, 0.29) is 18.7 Å². The Kier molecular flexibility index (Phi) is 8.71. The Morgan fingerprint density at radius 1 is 1.23 bits per heavy atom. The Morgan fingerprint density at radius 3 is 2.58 bits per heavy atom. The van der Waals surface area contributed by atoms with Crippen LogP contribution in [0.5, 0.6) is 5.75 Å². The summed E-state index contributed by atoms with van der Waals surface area (Å²) in [5.74, 6) is 0.672. The number of urea groups is 1. The van der Waals surface area contributed by atoms with E-state index in [4.69, 9.17) is 4.74 Å². The predicted molar refractivity (Wildman–Crippen MR) is 105 cm³/mol. The highest BCUT2D eigenvalue weighted by atomic mass is 16.5. The zero-order valence-corrected chi connectivity index (χ0v) is 16.0. The Hall–Kier alpha value is -1.79. The van der Waals surface area contributed by atoms with Gasteiger partial charge in [0.05, 0.1) is 0 Å². The number of hydrogen-bond acceptors (Lipinski definition) is 4. The number of nitrogens with one attached hydrogen (secondary N) is 3. The first-order chi connectivity index (χ1) is 12.6. The largest absolute Gasteiger partial charge is 0.491 e. The van der Waals surface area contributed by atoms with Gasteiger partial charge in [-0.15, -0.1) is 0 Å². The van der Waals surface area contributed by atoms with Gasteiger partial charge in [0, 0.05) is 24.3 Å². The molecule has 0 bridgehead atoms. The summed E-state index contributed by atoms with van der Waals surface area (Å²) in [6.07, 6.45) is 6.25. The highest BCUT2D eigenvalue weighted by molar-refractivity contribution is 5.89. The lowest BCUT2D eigenvalue weighted by atomic mass is 9.96. The fourth-order valence-electron chi connectivity index (χ4n) is 2.97.